The number of carbonyl (C=O) groups excluding carboxylic acids is 1. The van der Waals surface area contributed by atoms with E-state index in [1.807, 2.05) is 17.8 Å². The van der Waals surface area contributed by atoms with E-state index in [0.29, 0.717) is 11.3 Å². The Morgan fingerprint density at radius 3 is 2.79 bits per heavy atom. The molecule has 0 aromatic heterocycles. The fourth-order valence-electron chi connectivity index (χ4n) is 2.09. The lowest BCUT2D eigenvalue weighted by atomic mass is 10.1. The summed E-state index contributed by atoms with van der Waals surface area (Å²) in [6.45, 7) is 4.05. The largest absolute Gasteiger partial charge is 0.399 e. The van der Waals surface area contributed by atoms with Crippen molar-refractivity contribution < 1.29 is 4.79 Å². The highest BCUT2D eigenvalue weighted by Gasteiger charge is 2.11. The van der Waals surface area contributed by atoms with Gasteiger partial charge in [0.05, 0.1) is 5.56 Å². The first-order valence-corrected chi connectivity index (χ1v) is 7.55. The Morgan fingerprint density at radius 2 is 2.11 bits per heavy atom. The van der Waals surface area contributed by atoms with Crippen molar-refractivity contribution in [3.05, 3.63) is 23.8 Å². The zero-order chi connectivity index (χ0) is 13.7. The van der Waals surface area contributed by atoms with Crippen LogP contribution in [0.2, 0.25) is 0 Å². The number of benzene rings is 1. The fourth-order valence-corrected chi connectivity index (χ4v) is 3.07. The molecular weight excluding hydrogens is 260 g/mol. The zero-order valence-electron chi connectivity index (χ0n) is 10.9. The van der Waals surface area contributed by atoms with E-state index in [1.165, 1.54) is 11.5 Å². The zero-order valence-corrected chi connectivity index (χ0v) is 11.7. The average molecular weight is 280 g/mol. The van der Waals surface area contributed by atoms with Gasteiger partial charge in [-0.05, 0) is 18.2 Å². The molecule has 1 aliphatic heterocycles. The maximum absolute atomic E-state index is 11.4. The van der Waals surface area contributed by atoms with Gasteiger partial charge < -0.3 is 16.8 Å². The molecule has 0 saturated carbocycles. The first-order valence-electron chi connectivity index (χ1n) is 6.40. The third-order valence-electron chi connectivity index (χ3n) is 3.16. The Labute approximate surface area is 117 Å². The normalized spacial score (nSPS) is 16.2. The van der Waals surface area contributed by atoms with Gasteiger partial charge in [0.15, 0.2) is 0 Å². The molecule has 0 atom stereocenters. The van der Waals surface area contributed by atoms with Crippen LogP contribution in [0.25, 0.3) is 0 Å². The summed E-state index contributed by atoms with van der Waals surface area (Å²) in [6, 6.07) is 5.19. The van der Waals surface area contributed by atoms with Gasteiger partial charge in [-0.2, -0.15) is 11.8 Å². The standard InChI is InChI=1S/C13H20N4OS/c14-10-1-2-12(11(9-10)13(15)18)16-3-4-17-5-7-19-8-6-17/h1-2,9,16H,3-8,14H2,(H2,15,18). The summed E-state index contributed by atoms with van der Waals surface area (Å²) in [7, 11) is 0. The number of nitrogen functional groups attached to an aromatic ring is 1. The van der Waals surface area contributed by atoms with E-state index >= 15 is 0 Å². The van der Waals surface area contributed by atoms with Gasteiger partial charge in [-0.15, -0.1) is 0 Å². The molecule has 0 aliphatic carbocycles. The van der Waals surface area contributed by atoms with Gasteiger partial charge in [-0.3, -0.25) is 9.69 Å². The van der Waals surface area contributed by atoms with Crippen molar-refractivity contribution in [1.82, 2.24) is 4.90 Å². The van der Waals surface area contributed by atoms with Crippen LogP contribution in [0.15, 0.2) is 18.2 Å². The molecular formula is C13H20N4OS. The number of hydrogen-bond donors (Lipinski definition) is 3. The number of nitrogens with zero attached hydrogens (tertiary/aromatic N) is 1. The van der Waals surface area contributed by atoms with Crippen molar-refractivity contribution in [3.8, 4) is 0 Å². The van der Waals surface area contributed by atoms with Gasteiger partial charge in [0, 0.05) is 49.1 Å². The molecule has 6 heteroatoms. The van der Waals surface area contributed by atoms with Crippen molar-refractivity contribution in [2.75, 3.05) is 48.7 Å². The number of hydrogen-bond acceptors (Lipinski definition) is 5. The number of nitrogens with one attached hydrogen (secondary N) is 1. The van der Waals surface area contributed by atoms with E-state index < -0.39 is 5.91 Å². The minimum absolute atomic E-state index is 0.453. The van der Waals surface area contributed by atoms with Crippen LogP contribution in [0.4, 0.5) is 11.4 Å². The maximum Gasteiger partial charge on any atom is 0.250 e. The molecule has 0 unspecified atom stereocenters. The topological polar surface area (TPSA) is 84.4 Å². The molecule has 1 heterocycles. The first-order chi connectivity index (χ1) is 9.16. The van der Waals surface area contributed by atoms with Crippen molar-refractivity contribution in [2.45, 2.75) is 0 Å². The minimum atomic E-state index is -0.454. The Morgan fingerprint density at radius 1 is 1.37 bits per heavy atom. The molecule has 1 amide bonds. The van der Waals surface area contributed by atoms with Gasteiger partial charge in [0.2, 0.25) is 0 Å². The van der Waals surface area contributed by atoms with Crippen LogP contribution in [-0.2, 0) is 0 Å². The molecule has 104 valence electrons. The predicted octanol–water partition coefficient (Wildman–Crippen LogP) is 0.828. The summed E-state index contributed by atoms with van der Waals surface area (Å²) in [5, 5.41) is 3.26. The van der Waals surface area contributed by atoms with Gasteiger partial charge >= 0.3 is 0 Å². The summed E-state index contributed by atoms with van der Waals surface area (Å²) in [4.78, 5) is 13.8. The highest BCUT2D eigenvalue weighted by Crippen LogP contribution is 2.18. The molecule has 1 aromatic carbocycles. The second kappa shape index (κ2) is 6.68. The van der Waals surface area contributed by atoms with Crippen molar-refractivity contribution in [1.29, 1.82) is 0 Å². The van der Waals surface area contributed by atoms with Gasteiger partial charge in [-0.1, -0.05) is 0 Å². The molecule has 1 aliphatic rings. The number of amides is 1. The molecule has 0 spiro atoms. The van der Waals surface area contributed by atoms with Gasteiger partial charge in [0.25, 0.3) is 5.91 Å². The molecule has 5 nitrogen and oxygen atoms in total. The third kappa shape index (κ3) is 4.04. The summed E-state index contributed by atoms with van der Waals surface area (Å²) >= 11 is 2.00. The second-order valence-electron chi connectivity index (χ2n) is 4.55. The number of carbonyl (C=O) groups is 1. The Hall–Kier alpha value is -1.40. The number of nitrogens with two attached hydrogens (primary N) is 2. The number of rotatable bonds is 5. The quantitative estimate of drug-likeness (QED) is 0.696. The van der Waals surface area contributed by atoms with Crippen molar-refractivity contribution in [3.63, 3.8) is 0 Å². The molecule has 5 N–H and O–H groups in total. The van der Waals surface area contributed by atoms with Crippen LogP contribution in [0, 0.1) is 0 Å². The smallest absolute Gasteiger partial charge is 0.250 e. The van der Waals surface area contributed by atoms with E-state index in [1.54, 1.807) is 12.1 Å². The van der Waals surface area contributed by atoms with Crippen LogP contribution in [-0.4, -0.2) is 48.5 Å². The lowest BCUT2D eigenvalue weighted by Gasteiger charge is -2.26. The minimum Gasteiger partial charge on any atom is -0.399 e. The van der Waals surface area contributed by atoms with Crippen molar-refractivity contribution in [2.24, 2.45) is 5.73 Å². The summed E-state index contributed by atoms with van der Waals surface area (Å²) < 4.78 is 0. The Balaban J connectivity index is 1.89. The molecule has 2 rings (SSSR count). The molecule has 1 saturated heterocycles. The third-order valence-corrected chi connectivity index (χ3v) is 4.10. The second-order valence-corrected chi connectivity index (χ2v) is 5.77. The van der Waals surface area contributed by atoms with Crippen LogP contribution in [0.3, 0.4) is 0 Å². The van der Waals surface area contributed by atoms with Gasteiger partial charge in [0.1, 0.15) is 0 Å². The number of anilines is 2. The summed E-state index contributed by atoms with van der Waals surface area (Å²) in [5.41, 5.74) is 12.8. The molecule has 1 fully saturated rings. The number of thioether (sulfide) groups is 1. The Bertz CT molecular complexity index is 446. The lowest BCUT2D eigenvalue weighted by Crippen LogP contribution is -2.36. The van der Waals surface area contributed by atoms with Crippen LogP contribution in [0.5, 0.6) is 0 Å². The molecule has 1 aromatic rings. The molecule has 0 radical (unpaired) electrons. The van der Waals surface area contributed by atoms with E-state index in [9.17, 15) is 4.79 Å². The van der Waals surface area contributed by atoms with E-state index in [-0.39, 0.29) is 0 Å². The first kappa shape index (κ1) is 14.0. The summed E-state index contributed by atoms with van der Waals surface area (Å²) in [5.74, 6) is 1.95. The van der Waals surface area contributed by atoms with Crippen LogP contribution < -0.4 is 16.8 Å². The van der Waals surface area contributed by atoms with Gasteiger partial charge in [-0.25, -0.2) is 0 Å². The maximum atomic E-state index is 11.4. The SMILES string of the molecule is NC(=O)c1cc(N)ccc1NCCN1CCSCC1. The van der Waals surface area contributed by atoms with Crippen LogP contribution >= 0.6 is 11.8 Å². The van der Waals surface area contributed by atoms with E-state index in [2.05, 4.69) is 10.2 Å². The number of primary amides is 1. The lowest BCUT2D eigenvalue weighted by molar-refractivity contribution is 0.100. The highest BCUT2D eigenvalue weighted by atomic mass is 32.2. The monoisotopic (exact) mass is 280 g/mol. The summed E-state index contributed by atoms with van der Waals surface area (Å²) in [6.07, 6.45) is 0. The molecule has 19 heavy (non-hydrogen) atoms. The fraction of sp³-hybridized carbons (Fsp3) is 0.462. The predicted molar refractivity (Wildman–Crippen MR) is 81.6 cm³/mol. The van der Waals surface area contributed by atoms with E-state index in [0.717, 1.165) is 31.9 Å². The molecule has 0 bridgehead atoms. The van der Waals surface area contributed by atoms with Crippen LogP contribution in [0.1, 0.15) is 10.4 Å². The van der Waals surface area contributed by atoms with E-state index in [4.69, 9.17) is 11.5 Å². The average Bonchev–Trinajstić information content (AvgIpc) is 2.41. The Kier molecular flexibility index (Phi) is 4.93. The highest BCUT2D eigenvalue weighted by molar-refractivity contribution is 7.99. The van der Waals surface area contributed by atoms with Crippen molar-refractivity contribution >= 4 is 29.0 Å².